The molecule has 0 radical (unpaired) electrons. The molecule has 0 aliphatic heterocycles. The Hall–Kier alpha value is -2.10. The number of halogens is 1. The van der Waals surface area contributed by atoms with E-state index in [1.54, 1.807) is 13.2 Å². The molecule has 0 spiro atoms. The van der Waals surface area contributed by atoms with E-state index in [1.165, 1.54) is 6.20 Å². The second-order valence-electron chi connectivity index (χ2n) is 4.10. The van der Waals surface area contributed by atoms with Gasteiger partial charge in [0.05, 0.1) is 10.6 Å². The lowest BCUT2D eigenvalue weighted by Gasteiger charge is -2.04. The Balaban J connectivity index is 2.01. The zero-order valence-corrected chi connectivity index (χ0v) is 11.8. The average Bonchev–Trinajstić information content (AvgIpc) is 2.89. The standard InChI is InChI=1S/C13H14ClN5O/c1-20-6-2-4-19-5-3-12(18-19)17-13-11(14)7-10(8-15)9-16-13/h3,5,7,9H,2,4,6H2,1H3,(H,16,17,18). The highest BCUT2D eigenvalue weighted by Gasteiger charge is 2.06. The summed E-state index contributed by atoms with van der Waals surface area (Å²) in [5, 5.41) is 16.5. The molecule has 0 aromatic carbocycles. The molecule has 0 saturated carbocycles. The van der Waals surface area contributed by atoms with Crippen LogP contribution in [0.25, 0.3) is 0 Å². The molecule has 0 fully saturated rings. The lowest BCUT2D eigenvalue weighted by atomic mass is 10.3. The van der Waals surface area contributed by atoms with Crippen LogP contribution >= 0.6 is 11.6 Å². The van der Waals surface area contributed by atoms with Crippen molar-refractivity contribution in [1.29, 1.82) is 5.26 Å². The van der Waals surface area contributed by atoms with E-state index in [1.807, 2.05) is 23.0 Å². The van der Waals surface area contributed by atoms with Crippen LogP contribution in [0.2, 0.25) is 5.02 Å². The summed E-state index contributed by atoms with van der Waals surface area (Å²) in [6.45, 7) is 1.48. The van der Waals surface area contributed by atoms with Crippen LogP contribution in [0.5, 0.6) is 0 Å². The fourth-order valence-electron chi connectivity index (χ4n) is 1.64. The van der Waals surface area contributed by atoms with Crippen molar-refractivity contribution in [3.8, 4) is 6.07 Å². The third-order valence-electron chi connectivity index (χ3n) is 2.59. The van der Waals surface area contributed by atoms with E-state index in [2.05, 4.69) is 15.4 Å². The summed E-state index contributed by atoms with van der Waals surface area (Å²) < 4.78 is 6.81. The van der Waals surface area contributed by atoms with Crippen molar-refractivity contribution >= 4 is 23.2 Å². The zero-order chi connectivity index (χ0) is 14.4. The van der Waals surface area contributed by atoms with E-state index in [-0.39, 0.29) is 0 Å². The van der Waals surface area contributed by atoms with E-state index in [4.69, 9.17) is 21.6 Å². The summed E-state index contributed by atoms with van der Waals surface area (Å²) in [5.41, 5.74) is 0.422. The molecular weight excluding hydrogens is 278 g/mol. The topological polar surface area (TPSA) is 75.8 Å². The summed E-state index contributed by atoms with van der Waals surface area (Å²) in [6.07, 6.45) is 4.23. The van der Waals surface area contributed by atoms with Crippen LogP contribution < -0.4 is 5.32 Å². The lowest BCUT2D eigenvalue weighted by Crippen LogP contribution is -2.03. The van der Waals surface area contributed by atoms with Crippen LogP contribution in [0.1, 0.15) is 12.0 Å². The van der Waals surface area contributed by atoms with E-state index in [9.17, 15) is 0 Å². The minimum atomic E-state index is 0.387. The normalized spacial score (nSPS) is 10.2. The Bertz CT molecular complexity index is 619. The van der Waals surface area contributed by atoms with Crippen molar-refractivity contribution in [2.45, 2.75) is 13.0 Å². The molecule has 0 saturated heterocycles. The van der Waals surface area contributed by atoms with Crippen LogP contribution in [0.15, 0.2) is 24.5 Å². The second kappa shape index (κ2) is 6.89. The van der Waals surface area contributed by atoms with Crippen molar-refractivity contribution in [1.82, 2.24) is 14.8 Å². The minimum Gasteiger partial charge on any atom is -0.385 e. The molecule has 104 valence electrons. The molecule has 1 N–H and O–H groups in total. The maximum absolute atomic E-state index is 8.75. The predicted octanol–water partition coefficient (Wildman–Crippen LogP) is 2.58. The molecule has 6 nitrogen and oxygen atoms in total. The molecule has 2 aromatic rings. The molecule has 20 heavy (non-hydrogen) atoms. The van der Waals surface area contributed by atoms with Gasteiger partial charge in [0.15, 0.2) is 5.82 Å². The number of rotatable bonds is 6. The Labute approximate surface area is 121 Å². The van der Waals surface area contributed by atoms with Crippen molar-refractivity contribution in [3.05, 3.63) is 35.1 Å². The van der Waals surface area contributed by atoms with Gasteiger partial charge < -0.3 is 10.1 Å². The number of ether oxygens (including phenoxy) is 1. The van der Waals surface area contributed by atoms with Crippen LogP contribution in [0.3, 0.4) is 0 Å². The van der Waals surface area contributed by atoms with Crippen LogP contribution in [-0.2, 0) is 11.3 Å². The molecule has 2 rings (SSSR count). The highest BCUT2D eigenvalue weighted by atomic mass is 35.5. The Morgan fingerprint density at radius 3 is 3.10 bits per heavy atom. The van der Waals surface area contributed by atoms with Crippen LogP contribution in [0, 0.1) is 11.3 Å². The Kier molecular flexibility index (Phi) is 4.93. The van der Waals surface area contributed by atoms with Crippen LogP contribution in [-0.4, -0.2) is 28.5 Å². The third-order valence-corrected chi connectivity index (χ3v) is 2.88. The SMILES string of the molecule is COCCCn1ccc(Nc2ncc(C#N)cc2Cl)n1. The van der Waals surface area contributed by atoms with Gasteiger partial charge in [0.1, 0.15) is 11.9 Å². The third kappa shape index (κ3) is 3.70. The summed E-state index contributed by atoms with van der Waals surface area (Å²) in [5.74, 6) is 1.13. The van der Waals surface area contributed by atoms with Crippen molar-refractivity contribution in [2.75, 3.05) is 19.0 Å². The highest BCUT2D eigenvalue weighted by molar-refractivity contribution is 6.33. The molecule has 0 atom stereocenters. The van der Waals surface area contributed by atoms with Gasteiger partial charge in [-0.25, -0.2) is 4.98 Å². The summed E-state index contributed by atoms with van der Waals surface area (Å²) in [4.78, 5) is 4.09. The largest absolute Gasteiger partial charge is 0.385 e. The number of nitrogens with zero attached hydrogens (tertiary/aromatic N) is 4. The van der Waals surface area contributed by atoms with Crippen molar-refractivity contribution in [2.24, 2.45) is 0 Å². The van der Waals surface area contributed by atoms with Crippen molar-refractivity contribution < 1.29 is 4.74 Å². The smallest absolute Gasteiger partial charge is 0.153 e. The van der Waals surface area contributed by atoms with E-state index in [0.29, 0.717) is 28.8 Å². The summed E-state index contributed by atoms with van der Waals surface area (Å²) >= 11 is 6.04. The van der Waals surface area contributed by atoms with Gasteiger partial charge in [-0.15, -0.1) is 0 Å². The number of anilines is 2. The molecule has 0 amide bonds. The first kappa shape index (κ1) is 14.3. The first-order chi connectivity index (χ1) is 9.72. The minimum absolute atomic E-state index is 0.387. The molecule has 0 bridgehead atoms. The zero-order valence-electron chi connectivity index (χ0n) is 11.0. The number of hydrogen-bond acceptors (Lipinski definition) is 5. The number of aromatic nitrogens is 3. The van der Waals surface area contributed by atoms with E-state index < -0.39 is 0 Å². The maximum Gasteiger partial charge on any atom is 0.153 e. The van der Waals surface area contributed by atoms with Gasteiger partial charge in [-0.05, 0) is 12.5 Å². The molecule has 0 unspecified atom stereocenters. The number of aryl methyl sites for hydroxylation is 1. The average molecular weight is 292 g/mol. The van der Waals surface area contributed by atoms with Gasteiger partial charge in [-0.2, -0.15) is 10.4 Å². The van der Waals surface area contributed by atoms with Gasteiger partial charge in [0, 0.05) is 38.7 Å². The first-order valence-corrected chi connectivity index (χ1v) is 6.46. The van der Waals surface area contributed by atoms with Gasteiger partial charge in [-0.3, -0.25) is 4.68 Å². The summed E-state index contributed by atoms with van der Waals surface area (Å²) in [7, 11) is 1.68. The quantitative estimate of drug-likeness (QED) is 0.828. The first-order valence-electron chi connectivity index (χ1n) is 6.08. The Morgan fingerprint density at radius 2 is 2.40 bits per heavy atom. The summed E-state index contributed by atoms with van der Waals surface area (Å²) in [6, 6.07) is 5.38. The molecule has 0 aliphatic carbocycles. The fourth-order valence-corrected chi connectivity index (χ4v) is 1.85. The molecule has 7 heteroatoms. The van der Waals surface area contributed by atoms with Gasteiger partial charge >= 0.3 is 0 Å². The number of methoxy groups -OCH3 is 1. The maximum atomic E-state index is 8.75. The predicted molar refractivity (Wildman–Crippen MR) is 76.0 cm³/mol. The number of pyridine rings is 1. The molecular formula is C13H14ClN5O. The second-order valence-corrected chi connectivity index (χ2v) is 4.51. The van der Waals surface area contributed by atoms with E-state index in [0.717, 1.165) is 13.0 Å². The molecule has 2 aromatic heterocycles. The number of nitrogens with one attached hydrogen (secondary N) is 1. The van der Waals surface area contributed by atoms with Crippen LogP contribution in [0.4, 0.5) is 11.6 Å². The Morgan fingerprint density at radius 1 is 1.55 bits per heavy atom. The number of nitriles is 1. The van der Waals surface area contributed by atoms with E-state index >= 15 is 0 Å². The highest BCUT2D eigenvalue weighted by Crippen LogP contribution is 2.22. The number of hydrogen-bond donors (Lipinski definition) is 1. The van der Waals surface area contributed by atoms with Gasteiger partial charge in [0.25, 0.3) is 0 Å². The lowest BCUT2D eigenvalue weighted by molar-refractivity contribution is 0.189. The molecule has 0 aliphatic rings. The van der Waals surface area contributed by atoms with Gasteiger partial charge in [0.2, 0.25) is 0 Å². The molecule has 2 heterocycles. The monoisotopic (exact) mass is 291 g/mol. The van der Waals surface area contributed by atoms with Gasteiger partial charge in [-0.1, -0.05) is 11.6 Å². The fraction of sp³-hybridized carbons (Fsp3) is 0.308. The van der Waals surface area contributed by atoms with Crippen molar-refractivity contribution in [3.63, 3.8) is 0 Å².